The molecule has 0 unspecified atom stereocenters. The van der Waals surface area contributed by atoms with Crippen molar-refractivity contribution >= 4 is 39.7 Å². The van der Waals surface area contributed by atoms with E-state index in [2.05, 4.69) is 10.3 Å². The van der Waals surface area contributed by atoms with Crippen molar-refractivity contribution < 1.29 is 14.3 Å². The quantitative estimate of drug-likeness (QED) is 0.394. The van der Waals surface area contributed by atoms with Crippen molar-refractivity contribution in [3.63, 3.8) is 0 Å². The molecular weight excluding hydrogens is 458 g/mol. The van der Waals surface area contributed by atoms with Gasteiger partial charge in [-0.15, -0.1) is 11.3 Å². The number of H-pyrrole nitrogens is 1. The van der Waals surface area contributed by atoms with Gasteiger partial charge in [0.1, 0.15) is 16.5 Å². The first-order valence-corrected chi connectivity index (χ1v) is 11.5. The second kappa shape index (κ2) is 10.8. The predicted molar refractivity (Wildman–Crippen MR) is 133 cm³/mol. The van der Waals surface area contributed by atoms with Gasteiger partial charge in [0.2, 0.25) is 5.91 Å². The van der Waals surface area contributed by atoms with Crippen molar-refractivity contribution in [2.24, 2.45) is 0 Å². The summed E-state index contributed by atoms with van der Waals surface area (Å²) in [6, 6.07) is 10.9. The molecule has 34 heavy (non-hydrogen) atoms. The molecule has 0 aliphatic heterocycles. The van der Waals surface area contributed by atoms with Crippen LogP contribution in [-0.2, 0) is 22.5 Å². The Kier molecular flexibility index (Phi) is 7.90. The molecule has 0 saturated heterocycles. The molecule has 11 heteroatoms. The van der Waals surface area contributed by atoms with E-state index in [9.17, 15) is 19.2 Å². The molecule has 0 atom stereocenters. The topological polar surface area (TPSA) is 140 Å². The molecule has 0 spiro atoms. The van der Waals surface area contributed by atoms with Crippen LogP contribution in [0.2, 0.25) is 0 Å². The van der Waals surface area contributed by atoms with Crippen LogP contribution in [0.4, 0.5) is 16.5 Å². The van der Waals surface area contributed by atoms with Crippen LogP contribution in [0.3, 0.4) is 0 Å². The van der Waals surface area contributed by atoms with Gasteiger partial charge in [-0.05, 0) is 25.0 Å². The Balaban J connectivity index is 1.83. The molecule has 0 aliphatic rings. The third-order valence-electron chi connectivity index (χ3n) is 5.04. The lowest BCUT2D eigenvalue weighted by Crippen LogP contribution is -2.39. The third kappa shape index (κ3) is 5.54. The second-order valence-electron chi connectivity index (χ2n) is 7.50. The number of carbonyl (C=O) groups excluding carboxylic acids is 2. The first-order valence-electron chi connectivity index (χ1n) is 10.7. The molecule has 0 fully saturated rings. The van der Waals surface area contributed by atoms with E-state index in [1.54, 1.807) is 13.0 Å². The number of nitrogens with two attached hydrogens (primary N) is 1. The van der Waals surface area contributed by atoms with Gasteiger partial charge in [0.05, 0.1) is 25.3 Å². The van der Waals surface area contributed by atoms with Gasteiger partial charge < -0.3 is 20.7 Å². The summed E-state index contributed by atoms with van der Waals surface area (Å²) in [6.45, 7) is 3.79. The molecule has 0 bridgehead atoms. The van der Waals surface area contributed by atoms with Gasteiger partial charge in [0, 0.05) is 11.9 Å². The Bertz CT molecular complexity index is 1300. The Labute approximate surface area is 200 Å². The number of ether oxygens (including phenoxy) is 1. The van der Waals surface area contributed by atoms with Gasteiger partial charge in [-0.25, -0.2) is 9.59 Å². The summed E-state index contributed by atoms with van der Waals surface area (Å²) in [4.78, 5) is 54.5. The number of nitrogen functional groups attached to an aromatic ring is 1. The monoisotopic (exact) mass is 485 g/mol. The molecule has 3 aromatic rings. The van der Waals surface area contributed by atoms with Crippen LogP contribution >= 0.6 is 11.3 Å². The minimum absolute atomic E-state index is 0.00303. The Hall–Kier alpha value is -3.86. The smallest absolute Gasteiger partial charge is 0.341 e. The molecule has 4 N–H and O–H groups in total. The SMILES string of the molecule is CCOC(=O)c1cc(CC)sc1NC(=O)CN(C)c1c(N)n(Cc2ccccc2)c(=O)[nH]c1=O. The minimum atomic E-state index is -0.696. The minimum Gasteiger partial charge on any atom is -0.462 e. The van der Waals surface area contributed by atoms with Crippen molar-refractivity contribution in [3.05, 3.63) is 73.2 Å². The number of benzene rings is 1. The summed E-state index contributed by atoms with van der Waals surface area (Å²) in [6.07, 6.45) is 0.696. The summed E-state index contributed by atoms with van der Waals surface area (Å²) in [5.41, 5.74) is 5.96. The fraction of sp³-hybridized carbons (Fsp3) is 0.304. The number of likely N-dealkylation sites (N-methyl/N-ethyl adjacent to an activating group) is 1. The van der Waals surface area contributed by atoms with Gasteiger partial charge in [-0.3, -0.25) is 19.1 Å². The van der Waals surface area contributed by atoms with Crippen LogP contribution in [0.5, 0.6) is 0 Å². The second-order valence-corrected chi connectivity index (χ2v) is 8.64. The maximum atomic E-state index is 12.8. The zero-order valence-electron chi connectivity index (χ0n) is 19.2. The van der Waals surface area contributed by atoms with Crippen LogP contribution in [-0.4, -0.2) is 41.6 Å². The molecule has 0 aliphatic carbocycles. The fourth-order valence-corrected chi connectivity index (χ4v) is 4.40. The molecule has 180 valence electrons. The molecule has 10 nitrogen and oxygen atoms in total. The number of anilines is 3. The predicted octanol–water partition coefficient (Wildman–Crippen LogP) is 2.04. The summed E-state index contributed by atoms with van der Waals surface area (Å²) < 4.78 is 6.32. The number of hydrogen-bond donors (Lipinski definition) is 3. The number of aromatic nitrogens is 2. The van der Waals surface area contributed by atoms with Crippen molar-refractivity contribution in [2.75, 3.05) is 36.1 Å². The number of rotatable bonds is 9. The number of nitrogens with one attached hydrogen (secondary N) is 2. The highest BCUT2D eigenvalue weighted by molar-refractivity contribution is 7.16. The van der Waals surface area contributed by atoms with E-state index in [-0.39, 0.29) is 36.8 Å². The van der Waals surface area contributed by atoms with E-state index >= 15 is 0 Å². The van der Waals surface area contributed by atoms with E-state index in [0.29, 0.717) is 11.4 Å². The van der Waals surface area contributed by atoms with Gasteiger partial charge >= 0.3 is 11.7 Å². The molecule has 2 aromatic heterocycles. The summed E-state index contributed by atoms with van der Waals surface area (Å²) in [5, 5.41) is 3.10. The lowest BCUT2D eigenvalue weighted by atomic mass is 10.2. The zero-order valence-corrected chi connectivity index (χ0v) is 20.0. The van der Waals surface area contributed by atoms with Crippen molar-refractivity contribution in [1.82, 2.24) is 9.55 Å². The van der Waals surface area contributed by atoms with E-state index < -0.39 is 23.1 Å². The molecule has 3 rings (SSSR count). The van der Waals surface area contributed by atoms with Crippen LogP contribution in [0.15, 0.2) is 46.0 Å². The Morgan fingerprint density at radius 2 is 1.91 bits per heavy atom. The van der Waals surface area contributed by atoms with Crippen LogP contribution in [0.25, 0.3) is 0 Å². The van der Waals surface area contributed by atoms with Crippen LogP contribution < -0.4 is 27.2 Å². The van der Waals surface area contributed by atoms with Crippen LogP contribution in [0.1, 0.15) is 34.6 Å². The van der Waals surface area contributed by atoms with E-state index in [4.69, 9.17) is 10.5 Å². The molecule has 1 amide bonds. The number of aromatic amines is 1. The molecule has 1 aromatic carbocycles. The summed E-state index contributed by atoms with van der Waals surface area (Å²) in [7, 11) is 1.52. The number of nitrogens with zero attached hydrogens (tertiary/aromatic N) is 2. The number of aryl methyl sites for hydroxylation is 1. The van der Waals surface area contributed by atoms with Gasteiger partial charge in [-0.1, -0.05) is 37.3 Å². The average Bonchev–Trinajstić information content (AvgIpc) is 3.20. The first-order chi connectivity index (χ1) is 16.2. The fourth-order valence-electron chi connectivity index (χ4n) is 3.40. The zero-order chi connectivity index (χ0) is 24.8. The van der Waals surface area contributed by atoms with E-state index in [1.165, 1.54) is 27.9 Å². The van der Waals surface area contributed by atoms with Crippen molar-refractivity contribution in [1.29, 1.82) is 0 Å². The van der Waals surface area contributed by atoms with Gasteiger partial charge in [-0.2, -0.15) is 0 Å². The highest BCUT2D eigenvalue weighted by Crippen LogP contribution is 2.29. The number of carbonyl (C=O) groups is 2. The van der Waals surface area contributed by atoms with E-state index in [1.807, 2.05) is 37.3 Å². The Morgan fingerprint density at radius 3 is 2.56 bits per heavy atom. The first kappa shape index (κ1) is 24.8. The highest BCUT2D eigenvalue weighted by Gasteiger charge is 2.22. The Morgan fingerprint density at radius 1 is 1.21 bits per heavy atom. The van der Waals surface area contributed by atoms with Crippen LogP contribution in [0, 0.1) is 0 Å². The number of esters is 1. The largest absolute Gasteiger partial charge is 0.462 e. The summed E-state index contributed by atoms with van der Waals surface area (Å²) >= 11 is 1.29. The maximum absolute atomic E-state index is 12.8. The highest BCUT2D eigenvalue weighted by atomic mass is 32.1. The standard InChI is InChI=1S/C23H27N5O5S/c1-4-15-11-16(22(31)33-5-2)21(34-15)25-17(29)13-27(3)18-19(24)28(23(32)26-20(18)30)12-14-9-7-6-8-10-14/h6-11H,4-5,12-13,24H2,1-3H3,(H,25,29)(H,26,30,32). The maximum Gasteiger partial charge on any atom is 0.341 e. The van der Waals surface area contributed by atoms with Crippen molar-refractivity contribution in [2.45, 2.75) is 26.8 Å². The lowest BCUT2D eigenvalue weighted by Gasteiger charge is -2.21. The number of thiophene rings is 1. The molecular formula is C23H27N5O5S. The number of amides is 1. The lowest BCUT2D eigenvalue weighted by molar-refractivity contribution is -0.114. The molecule has 2 heterocycles. The molecule has 0 radical (unpaired) electrons. The van der Waals surface area contributed by atoms with E-state index in [0.717, 1.165) is 10.4 Å². The average molecular weight is 486 g/mol. The number of hydrogen-bond acceptors (Lipinski definition) is 8. The third-order valence-corrected chi connectivity index (χ3v) is 6.23. The molecule has 0 saturated carbocycles. The normalized spacial score (nSPS) is 10.7. The van der Waals surface area contributed by atoms with Gasteiger partial charge in [0.25, 0.3) is 5.56 Å². The van der Waals surface area contributed by atoms with Crippen molar-refractivity contribution in [3.8, 4) is 0 Å². The summed E-state index contributed by atoms with van der Waals surface area (Å²) in [5.74, 6) is -1.03. The van der Waals surface area contributed by atoms with Gasteiger partial charge in [0.15, 0.2) is 0 Å².